The number of aliphatic imine (C=N–C) groups is 1. The SMILES string of the molecule is COc1ccc(OC)c(CCNC(=O)[C@]2(C/C=C/c3ccccc3)N=C(c3ccc(OCCCO)cc3)O[C@@H]2c2ccc(-c3ccccc3)cc2)c1. The van der Waals surface area contributed by atoms with E-state index in [4.69, 9.17) is 29.0 Å². The third-order valence-electron chi connectivity index (χ3n) is 9.06. The van der Waals surface area contributed by atoms with Crippen molar-refractivity contribution in [1.29, 1.82) is 0 Å². The second-order valence-corrected chi connectivity index (χ2v) is 12.5. The van der Waals surface area contributed by atoms with Crippen molar-refractivity contribution in [3.05, 3.63) is 156 Å². The number of aliphatic hydroxyl groups is 1. The average molecular weight is 697 g/mol. The molecule has 0 aromatic heterocycles. The molecule has 1 heterocycles. The van der Waals surface area contributed by atoms with Gasteiger partial charge in [-0.15, -0.1) is 0 Å². The number of methoxy groups -OCH3 is 2. The molecule has 6 rings (SSSR count). The van der Waals surface area contributed by atoms with E-state index in [2.05, 4.69) is 29.6 Å². The van der Waals surface area contributed by atoms with Gasteiger partial charge in [-0.1, -0.05) is 97.1 Å². The summed E-state index contributed by atoms with van der Waals surface area (Å²) in [4.78, 5) is 19.9. The monoisotopic (exact) mass is 696 g/mol. The highest BCUT2D eigenvalue weighted by Gasteiger charge is 2.52. The van der Waals surface area contributed by atoms with E-state index >= 15 is 0 Å². The summed E-state index contributed by atoms with van der Waals surface area (Å²) in [6.45, 7) is 0.816. The van der Waals surface area contributed by atoms with Gasteiger partial charge in [0.25, 0.3) is 5.91 Å². The number of hydrogen-bond acceptors (Lipinski definition) is 7. The van der Waals surface area contributed by atoms with E-state index < -0.39 is 11.6 Å². The number of aliphatic hydroxyl groups excluding tert-OH is 1. The lowest BCUT2D eigenvalue weighted by Crippen LogP contribution is -2.48. The standard InChI is InChI=1S/C44H44N2O6/c1-49-39-24-25-40(50-2)37(31-39)26-28-45-43(48)44(27-9-13-32-11-5-3-6-12-32)41(35-18-16-34(17-19-35)33-14-7-4-8-15-33)52-42(46-44)36-20-22-38(23-21-36)51-30-10-29-47/h3-9,11-25,31,41,47H,10,26-30H2,1-2H3,(H,45,48)/b13-9+/t41-,44-/m1/s1. The lowest BCUT2D eigenvalue weighted by Gasteiger charge is -2.30. The summed E-state index contributed by atoms with van der Waals surface area (Å²) in [6, 6.07) is 41.4. The van der Waals surface area contributed by atoms with Crippen molar-refractivity contribution in [3.8, 4) is 28.4 Å². The van der Waals surface area contributed by atoms with Crippen molar-refractivity contribution < 1.29 is 28.8 Å². The van der Waals surface area contributed by atoms with Gasteiger partial charge in [0.15, 0.2) is 11.6 Å². The Morgan fingerprint density at radius 1 is 0.827 bits per heavy atom. The third-order valence-corrected chi connectivity index (χ3v) is 9.06. The maximum absolute atomic E-state index is 14.7. The summed E-state index contributed by atoms with van der Waals surface area (Å²) in [5, 5.41) is 12.3. The molecule has 8 heteroatoms. The quantitative estimate of drug-likeness (QED) is 0.102. The van der Waals surface area contributed by atoms with Crippen LogP contribution >= 0.6 is 0 Å². The van der Waals surface area contributed by atoms with E-state index in [9.17, 15) is 4.79 Å². The molecule has 1 amide bonds. The molecule has 0 radical (unpaired) electrons. The lowest BCUT2D eigenvalue weighted by atomic mass is 9.83. The van der Waals surface area contributed by atoms with E-state index in [-0.39, 0.29) is 18.9 Å². The van der Waals surface area contributed by atoms with Crippen molar-refractivity contribution in [2.45, 2.75) is 30.9 Å². The van der Waals surface area contributed by atoms with Crippen LogP contribution in [0.25, 0.3) is 17.2 Å². The molecule has 266 valence electrons. The van der Waals surface area contributed by atoms with Crippen molar-refractivity contribution in [2.24, 2.45) is 4.99 Å². The van der Waals surface area contributed by atoms with Gasteiger partial charge in [-0.05, 0) is 76.7 Å². The van der Waals surface area contributed by atoms with Crippen molar-refractivity contribution >= 4 is 17.9 Å². The van der Waals surface area contributed by atoms with E-state index in [0.29, 0.717) is 43.4 Å². The smallest absolute Gasteiger partial charge is 0.252 e. The molecule has 0 spiro atoms. The third kappa shape index (κ3) is 8.53. The topological polar surface area (TPSA) is 98.6 Å². The highest BCUT2D eigenvalue weighted by atomic mass is 16.5. The molecule has 1 aliphatic heterocycles. The average Bonchev–Trinajstić information content (AvgIpc) is 3.59. The minimum absolute atomic E-state index is 0.0619. The van der Waals surface area contributed by atoms with Crippen LogP contribution in [0.15, 0.2) is 138 Å². The number of ether oxygens (including phenoxy) is 4. The number of carbonyl (C=O) groups excluding carboxylic acids is 1. The van der Waals surface area contributed by atoms with Crippen molar-refractivity contribution in [3.63, 3.8) is 0 Å². The second kappa shape index (κ2) is 17.4. The summed E-state index contributed by atoms with van der Waals surface area (Å²) in [5.74, 6) is 2.23. The Labute approximate surface area is 305 Å². The summed E-state index contributed by atoms with van der Waals surface area (Å²) < 4.78 is 23.5. The summed E-state index contributed by atoms with van der Waals surface area (Å²) in [7, 11) is 3.26. The number of rotatable bonds is 16. The van der Waals surface area contributed by atoms with Gasteiger partial charge in [0.05, 0.1) is 20.8 Å². The number of nitrogens with zero attached hydrogens (tertiary/aromatic N) is 1. The molecule has 5 aromatic rings. The number of hydrogen-bond donors (Lipinski definition) is 2. The lowest BCUT2D eigenvalue weighted by molar-refractivity contribution is -0.128. The molecule has 0 saturated carbocycles. The maximum Gasteiger partial charge on any atom is 0.252 e. The van der Waals surface area contributed by atoms with Crippen LogP contribution in [0.4, 0.5) is 0 Å². The Kier molecular flexibility index (Phi) is 12.0. The predicted octanol–water partition coefficient (Wildman–Crippen LogP) is 7.85. The Hall–Kier alpha value is -5.86. The molecular weight excluding hydrogens is 652 g/mol. The fraction of sp³-hybridized carbons (Fsp3) is 0.227. The van der Waals surface area contributed by atoms with Crippen LogP contribution in [0.3, 0.4) is 0 Å². The fourth-order valence-corrected chi connectivity index (χ4v) is 6.28. The Morgan fingerprint density at radius 3 is 2.19 bits per heavy atom. The molecule has 0 fully saturated rings. The van der Waals surface area contributed by atoms with E-state index in [1.165, 1.54) is 0 Å². The summed E-state index contributed by atoms with van der Waals surface area (Å²) >= 11 is 0. The minimum atomic E-state index is -1.33. The van der Waals surface area contributed by atoms with Gasteiger partial charge in [0, 0.05) is 31.6 Å². The largest absolute Gasteiger partial charge is 0.497 e. The first-order chi connectivity index (χ1) is 25.5. The van der Waals surface area contributed by atoms with Gasteiger partial charge < -0.3 is 29.4 Å². The maximum atomic E-state index is 14.7. The molecule has 52 heavy (non-hydrogen) atoms. The Morgan fingerprint density at radius 2 is 1.50 bits per heavy atom. The highest BCUT2D eigenvalue weighted by Crippen LogP contribution is 2.43. The first kappa shape index (κ1) is 35.9. The van der Waals surface area contributed by atoms with Crippen LogP contribution < -0.4 is 19.5 Å². The molecule has 0 unspecified atom stereocenters. The molecule has 0 bridgehead atoms. The fourth-order valence-electron chi connectivity index (χ4n) is 6.28. The molecular formula is C44H44N2O6. The minimum Gasteiger partial charge on any atom is -0.497 e. The van der Waals surface area contributed by atoms with Gasteiger partial charge in [0.2, 0.25) is 5.90 Å². The van der Waals surface area contributed by atoms with Crippen molar-refractivity contribution in [1.82, 2.24) is 5.32 Å². The number of carbonyl (C=O) groups is 1. The Bertz CT molecular complexity index is 1960. The van der Waals surface area contributed by atoms with Gasteiger partial charge in [-0.25, -0.2) is 4.99 Å². The van der Waals surface area contributed by atoms with Gasteiger partial charge in [-0.3, -0.25) is 4.79 Å². The molecule has 2 N–H and O–H groups in total. The molecule has 0 aliphatic carbocycles. The normalized spacial score (nSPS) is 16.6. The number of amides is 1. The van der Waals surface area contributed by atoms with Crippen LogP contribution in [-0.2, 0) is 16.0 Å². The summed E-state index contributed by atoms with van der Waals surface area (Å²) in [6.07, 6.45) is 4.64. The van der Waals surface area contributed by atoms with E-state index in [1.54, 1.807) is 14.2 Å². The first-order valence-corrected chi connectivity index (χ1v) is 17.5. The zero-order valence-electron chi connectivity index (χ0n) is 29.5. The van der Waals surface area contributed by atoms with E-state index in [1.807, 2.05) is 115 Å². The molecule has 5 aromatic carbocycles. The first-order valence-electron chi connectivity index (χ1n) is 17.5. The summed E-state index contributed by atoms with van der Waals surface area (Å²) in [5.41, 5.74) is 4.33. The second-order valence-electron chi connectivity index (χ2n) is 12.5. The Balaban J connectivity index is 1.36. The van der Waals surface area contributed by atoms with Crippen molar-refractivity contribution in [2.75, 3.05) is 34.0 Å². The predicted molar refractivity (Wildman–Crippen MR) is 205 cm³/mol. The number of nitrogens with one attached hydrogen (secondary N) is 1. The van der Waals surface area contributed by atoms with Gasteiger partial charge >= 0.3 is 0 Å². The highest BCUT2D eigenvalue weighted by molar-refractivity contribution is 6.01. The van der Waals surface area contributed by atoms with Crippen LogP contribution in [0.5, 0.6) is 17.2 Å². The molecule has 8 nitrogen and oxygen atoms in total. The zero-order chi connectivity index (χ0) is 36.2. The van der Waals surface area contributed by atoms with Crippen LogP contribution in [0.2, 0.25) is 0 Å². The van der Waals surface area contributed by atoms with Gasteiger partial charge in [0.1, 0.15) is 17.2 Å². The van der Waals surface area contributed by atoms with Gasteiger partial charge in [-0.2, -0.15) is 0 Å². The van der Waals surface area contributed by atoms with Crippen LogP contribution in [0, 0.1) is 0 Å². The van der Waals surface area contributed by atoms with Crippen LogP contribution in [-0.4, -0.2) is 56.4 Å². The molecule has 2 atom stereocenters. The zero-order valence-corrected chi connectivity index (χ0v) is 29.5. The van der Waals surface area contributed by atoms with Crippen LogP contribution in [0.1, 0.15) is 41.2 Å². The number of benzene rings is 5. The van der Waals surface area contributed by atoms with E-state index in [0.717, 1.165) is 39.1 Å². The molecule has 1 aliphatic rings. The molecule has 0 saturated heterocycles.